The molecule has 2 N–H and O–H groups in total. The summed E-state index contributed by atoms with van der Waals surface area (Å²) in [5.74, 6) is 2.81. The Morgan fingerprint density at radius 1 is 1.43 bits per heavy atom. The second-order valence-electron chi connectivity index (χ2n) is 1.08. The molecule has 0 aromatic heterocycles. The Hall–Kier alpha value is -0.680. The minimum absolute atomic E-state index is 0.751. The van der Waals surface area contributed by atoms with Crippen LogP contribution in [0.25, 0.3) is 0 Å². The van der Waals surface area contributed by atoms with Crippen LogP contribution in [0.1, 0.15) is 0 Å². The van der Waals surface area contributed by atoms with Gasteiger partial charge in [0.15, 0.2) is 0 Å². The lowest BCUT2D eigenvalue weighted by Crippen LogP contribution is -2.05. The predicted octanol–water partition coefficient (Wildman–Crippen LogP) is -0.614. The Labute approximate surface area is 44.3 Å². The number of hydrogen-bond donors (Lipinski definition) is 2. The van der Waals surface area contributed by atoms with Gasteiger partial charge in [-0.05, 0) is 7.05 Å². The van der Waals surface area contributed by atoms with Crippen LogP contribution in [0.15, 0.2) is 0 Å². The Balaban J connectivity index is 2.91. The van der Waals surface area contributed by atoms with Crippen LogP contribution < -0.4 is 10.6 Å². The molecule has 0 aliphatic rings. The molecule has 0 aromatic carbocycles. The van der Waals surface area contributed by atoms with Crippen LogP contribution in [0, 0.1) is 12.0 Å². The van der Waals surface area contributed by atoms with E-state index in [2.05, 4.69) is 22.6 Å². The second-order valence-corrected chi connectivity index (χ2v) is 1.08. The van der Waals surface area contributed by atoms with Gasteiger partial charge in [0.1, 0.15) is 0 Å². The van der Waals surface area contributed by atoms with Gasteiger partial charge in [-0.3, -0.25) is 0 Å². The van der Waals surface area contributed by atoms with Crippen molar-refractivity contribution in [2.75, 3.05) is 20.6 Å². The van der Waals surface area contributed by atoms with Crippen LogP contribution in [0.4, 0.5) is 0 Å². The zero-order valence-electron chi connectivity index (χ0n) is 4.71. The van der Waals surface area contributed by atoms with Crippen molar-refractivity contribution in [3.63, 3.8) is 0 Å². The van der Waals surface area contributed by atoms with Crippen molar-refractivity contribution in [1.82, 2.24) is 10.6 Å². The summed E-state index contributed by atoms with van der Waals surface area (Å²) >= 11 is 0. The summed E-state index contributed by atoms with van der Waals surface area (Å²) in [5.41, 5.74) is 0. The van der Waals surface area contributed by atoms with Gasteiger partial charge in [-0.15, -0.1) is 0 Å². The highest BCUT2D eigenvalue weighted by atomic mass is 14.8. The molecule has 0 aromatic rings. The lowest BCUT2D eigenvalue weighted by molar-refractivity contribution is 0.935. The fourth-order valence-electron chi connectivity index (χ4n) is 0.221. The highest BCUT2D eigenvalue weighted by molar-refractivity contribution is 4.97. The largest absolute Gasteiger partial charge is 0.349 e. The quantitative estimate of drug-likeness (QED) is 0.337. The first kappa shape index (κ1) is 6.32. The molecular weight excluding hydrogens is 88.1 g/mol. The van der Waals surface area contributed by atoms with Gasteiger partial charge < -0.3 is 10.6 Å². The molecule has 0 radical (unpaired) electrons. The van der Waals surface area contributed by atoms with E-state index in [0.717, 1.165) is 6.54 Å². The molecule has 0 fully saturated rings. The van der Waals surface area contributed by atoms with Gasteiger partial charge in [0, 0.05) is 13.1 Å². The zero-order valence-corrected chi connectivity index (χ0v) is 4.71. The molecule has 0 aliphatic carbocycles. The van der Waals surface area contributed by atoms with E-state index in [0.29, 0.717) is 0 Å². The summed E-state index contributed by atoms with van der Waals surface area (Å²) in [5, 5.41) is 5.59. The monoisotopic (exact) mass is 98.1 g/mol. The average Bonchev–Trinajstić information content (AvgIpc) is 1.69. The van der Waals surface area contributed by atoms with Gasteiger partial charge in [-0.2, -0.15) is 0 Å². The van der Waals surface area contributed by atoms with Gasteiger partial charge in [-0.25, -0.2) is 0 Å². The Bertz CT molecular complexity index is 77.8. The van der Waals surface area contributed by atoms with Crippen molar-refractivity contribution < 1.29 is 0 Å². The molecule has 40 valence electrons. The molecule has 0 amide bonds. The summed E-state index contributed by atoms with van der Waals surface area (Å²) in [6, 6.07) is 2.69. The maximum absolute atomic E-state index is 2.89. The van der Waals surface area contributed by atoms with Gasteiger partial charge in [0.05, 0.1) is 6.54 Å². The predicted molar refractivity (Wildman–Crippen MR) is 30.8 cm³/mol. The fraction of sp³-hybridized carbons (Fsp3) is 0.600. The maximum Gasteiger partial charge on any atom is 0.0592 e. The first-order chi connectivity index (χ1) is 3.41. The minimum Gasteiger partial charge on any atom is -0.349 e. The molecule has 0 saturated heterocycles. The molecule has 0 unspecified atom stereocenters. The van der Waals surface area contributed by atoms with Crippen molar-refractivity contribution in [2.24, 2.45) is 0 Å². The SMILES string of the molecule is CNC#CCNC. The summed E-state index contributed by atoms with van der Waals surface area (Å²) in [6.45, 7) is 0.751. The Kier molecular flexibility index (Phi) is 4.80. The minimum atomic E-state index is 0.751. The highest BCUT2D eigenvalue weighted by Crippen LogP contribution is 1.44. The normalized spacial score (nSPS) is 6.57. The first-order valence-corrected chi connectivity index (χ1v) is 2.21. The zero-order chi connectivity index (χ0) is 5.54. The summed E-state index contributed by atoms with van der Waals surface area (Å²) in [7, 11) is 3.66. The van der Waals surface area contributed by atoms with Crippen molar-refractivity contribution in [2.45, 2.75) is 0 Å². The van der Waals surface area contributed by atoms with Crippen LogP contribution >= 0.6 is 0 Å². The van der Waals surface area contributed by atoms with E-state index in [1.165, 1.54) is 0 Å². The van der Waals surface area contributed by atoms with E-state index >= 15 is 0 Å². The third-order valence-corrected chi connectivity index (χ3v) is 0.479. The molecule has 0 saturated carbocycles. The summed E-state index contributed by atoms with van der Waals surface area (Å²) in [4.78, 5) is 0. The van der Waals surface area contributed by atoms with Crippen LogP contribution in [-0.4, -0.2) is 20.6 Å². The number of nitrogens with one attached hydrogen (secondary N) is 2. The van der Waals surface area contributed by atoms with Gasteiger partial charge in [0.2, 0.25) is 0 Å². The standard InChI is InChI=1S/C5H10N2/c1-6-4-3-5-7-2/h6-7H,4H2,1-2H3. The number of rotatable bonds is 1. The van der Waals surface area contributed by atoms with E-state index in [9.17, 15) is 0 Å². The topological polar surface area (TPSA) is 24.1 Å². The lowest BCUT2D eigenvalue weighted by Gasteiger charge is -1.80. The highest BCUT2D eigenvalue weighted by Gasteiger charge is 1.61. The van der Waals surface area contributed by atoms with Gasteiger partial charge in [0.25, 0.3) is 0 Å². The molecule has 0 aliphatic heterocycles. The van der Waals surface area contributed by atoms with Gasteiger partial charge >= 0.3 is 0 Å². The molecule has 7 heavy (non-hydrogen) atoms. The summed E-state index contributed by atoms with van der Waals surface area (Å²) in [6.07, 6.45) is 0. The van der Waals surface area contributed by atoms with E-state index in [1.807, 2.05) is 7.05 Å². The van der Waals surface area contributed by atoms with Crippen molar-refractivity contribution in [1.29, 1.82) is 0 Å². The lowest BCUT2D eigenvalue weighted by atomic mass is 10.7. The molecule has 0 bridgehead atoms. The average molecular weight is 98.1 g/mol. The van der Waals surface area contributed by atoms with E-state index < -0.39 is 0 Å². The first-order valence-electron chi connectivity index (χ1n) is 2.21. The van der Waals surface area contributed by atoms with Crippen molar-refractivity contribution >= 4 is 0 Å². The molecule has 2 nitrogen and oxygen atoms in total. The molecular formula is C5H10N2. The van der Waals surface area contributed by atoms with E-state index in [4.69, 9.17) is 0 Å². The van der Waals surface area contributed by atoms with Crippen LogP contribution in [0.5, 0.6) is 0 Å². The summed E-state index contributed by atoms with van der Waals surface area (Å²) < 4.78 is 0. The molecule has 0 rings (SSSR count). The Morgan fingerprint density at radius 3 is 2.57 bits per heavy atom. The van der Waals surface area contributed by atoms with Crippen LogP contribution in [0.2, 0.25) is 0 Å². The Morgan fingerprint density at radius 2 is 2.14 bits per heavy atom. The molecule has 0 heterocycles. The van der Waals surface area contributed by atoms with Crippen LogP contribution in [0.3, 0.4) is 0 Å². The van der Waals surface area contributed by atoms with Crippen molar-refractivity contribution in [3.05, 3.63) is 0 Å². The fourth-order valence-corrected chi connectivity index (χ4v) is 0.221. The molecule has 2 heteroatoms. The van der Waals surface area contributed by atoms with E-state index in [-0.39, 0.29) is 0 Å². The van der Waals surface area contributed by atoms with Crippen molar-refractivity contribution in [3.8, 4) is 12.0 Å². The maximum atomic E-state index is 2.89. The number of hydrogen-bond acceptors (Lipinski definition) is 2. The molecule has 0 atom stereocenters. The second kappa shape index (κ2) is 5.32. The van der Waals surface area contributed by atoms with E-state index in [1.54, 1.807) is 7.05 Å². The van der Waals surface area contributed by atoms with Crippen LogP contribution in [-0.2, 0) is 0 Å². The third kappa shape index (κ3) is 5.32. The smallest absolute Gasteiger partial charge is 0.0592 e. The third-order valence-electron chi connectivity index (χ3n) is 0.479. The van der Waals surface area contributed by atoms with Gasteiger partial charge in [-0.1, -0.05) is 5.92 Å². The molecule has 0 spiro atoms.